The molecule has 0 aromatic heterocycles. The van der Waals surface area contributed by atoms with E-state index in [2.05, 4.69) is 4.40 Å². The molecule has 1 fully saturated rings. The molecular weight excluding hydrogens is 476 g/mol. The van der Waals surface area contributed by atoms with E-state index in [1.807, 2.05) is 0 Å². The van der Waals surface area contributed by atoms with Gasteiger partial charge in [0.2, 0.25) is 0 Å². The first-order chi connectivity index (χ1) is 14.2. The molecule has 2 heterocycles. The van der Waals surface area contributed by atoms with Crippen LogP contribution in [0.5, 0.6) is 0 Å². The van der Waals surface area contributed by atoms with Crippen molar-refractivity contribution in [3.63, 3.8) is 0 Å². The average molecular weight is 491 g/mol. The summed E-state index contributed by atoms with van der Waals surface area (Å²) in [7, 11) is 0. The summed E-state index contributed by atoms with van der Waals surface area (Å²) >= 11 is 14.1. The number of alkyl halides is 3. The van der Waals surface area contributed by atoms with Crippen LogP contribution in [0.3, 0.4) is 0 Å². The van der Waals surface area contributed by atoms with Crippen LogP contribution < -0.4 is 0 Å². The SMILES string of the molecule is O=C(c1ccc(C2=NSC(c3cc(Cl)cc(Cl)c3)(C(F)(F)F)C2)cc1)N1CCSC1. The van der Waals surface area contributed by atoms with Gasteiger partial charge in [0.15, 0.2) is 4.75 Å². The summed E-state index contributed by atoms with van der Waals surface area (Å²) < 4.78 is 44.4. The lowest BCUT2D eigenvalue weighted by atomic mass is 9.89. The molecule has 0 spiro atoms. The fourth-order valence-electron chi connectivity index (χ4n) is 3.41. The molecule has 3 nitrogen and oxygen atoms in total. The fourth-order valence-corrected chi connectivity index (χ4v) is 5.84. The molecule has 0 radical (unpaired) electrons. The normalized spacial score (nSPS) is 21.8. The number of halogens is 5. The standard InChI is InChI=1S/C20H15Cl2F3N2OS2/c21-15-7-14(8-16(22)9-15)19(20(23,24)25)10-17(26-30-19)12-1-3-13(4-2-12)18(28)27-5-6-29-11-27/h1-4,7-9H,5-6,10-11H2. The zero-order valence-electron chi connectivity index (χ0n) is 15.4. The van der Waals surface area contributed by atoms with Crippen molar-refractivity contribution in [1.82, 2.24) is 4.90 Å². The number of hydrogen-bond donors (Lipinski definition) is 0. The van der Waals surface area contributed by atoms with E-state index in [-0.39, 0.29) is 27.9 Å². The number of hydrogen-bond acceptors (Lipinski definition) is 4. The first-order valence-electron chi connectivity index (χ1n) is 8.95. The number of carbonyl (C=O) groups excluding carboxylic acids is 1. The van der Waals surface area contributed by atoms with Gasteiger partial charge in [0.1, 0.15) is 0 Å². The molecule has 1 saturated heterocycles. The minimum Gasteiger partial charge on any atom is -0.329 e. The van der Waals surface area contributed by atoms with Gasteiger partial charge >= 0.3 is 6.18 Å². The van der Waals surface area contributed by atoms with Crippen LogP contribution in [0.25, 0.3) is 0 Å². The van der Waals surface area contributed by atoms with Crippen molar-refractivity contribution in [2.24, 2.45) is 4.40 Å². The van der Waals surface area contributed by atoms with Crippen molar-refractivity contribution in [2.45, 2.75) is 17.3 Å². The number of amides is 1. The number of carbonyl (C=O) groups is 1. The van der Waals surface area contributed by atoms with Gasteiger partial charge in [-0.15, -0.1) is 11.8 Å². The fraction of sp³-hybridized carbons (Fsp3) is 0.300. The second kappa shape index (κ2) is 8.30. The summed E-state index contributed by atoms with van der Waals surface area (Å²) in [6, 6.07) is 10.5. The predicted octanol–water partition coefficient (Wildman–Crippen LogP) is 6.44. The van der Waals surface area contributed by atoms with Gasteiger partial charge in [-0.25, -0.2) is 4.40 Å². The first-order valence-corrected chi connectivity index (χ1v) is 11.6. The predicted molar refractivity (Wildman–Crippen MR) is 118 cm³/mol. The molecule has 30 heavy (non-hydrogen) atoms. The van der Waals surface area contributed by atoms with Crippen molar-refractivity contribution >= 4 is 58.5 Å². The van der Waals surface area contributed by atoms with Gasteiger partial charge in [0, 0.05) is 34.3 Å². The van der Waals surface area contributed by atoms with Crippen molar-refractivity contribution in [2.75, 3.05) is 18.2 Å². The second-order valence-corrected chi connectivity index (χ2v) is 9.98. The van der Waals surface area contributed by atoms with Gasteiger partial charge < -0.3 is 4.90 Å². The maximum Gasteiger partial charge on any atom is 0.409 e. The number of thioether (sulfide) groups is 1. The molecule has 2 aromatic rings. The maximum absolute atomic E-state index is 14.2. The molecule has 1 amide bonds. The summed E-state index contributed by atoms with van der Waals surface area (Å²) in [5.41, 5.74) is 1.34. The Morgan fingerprint density at radius 1 is 1.10 bits per heavy atom. The third-order valence-corrected chi connectivity index (χ3v) is 7.66. The van der Waals surface area contributed by atoms with E-state index in [0.29, 0.717) is 41.2 Å². The zero-order chi connectivity index (χ0) is 21.5. The smallest absolute Gasteiger partial charge is 0.329 e. The quantitative estimate of drug-likeness (QED) is 0.464. The molecule has 4 rings (SSSR count). The topological polar surface area (TPSA) is 32.7 Å². The Balaban J connectivity index is 1.60. The summed E-state index contributed by atoms with van der Waals surface area (Å²) in [4.78, 5) is 14.2. The molecule has 0 aliphatic carbocycles. The van der Waals surface area contributed by atoms with Crippen LogP contribution in [0, 0.1) is 0 Å². The van der Waals surface area contributed by atoms with Crippen LogP contribution in [0.15, 0.2) is 46.9 Å². The van der Waals surface area contributed by atoms with E-state index in [0.717, 1.165) is 5.75 Å². The van der Waals surface area contributed by atoms with Crippen molar-refractivity contribution in [3.05, 3.63) is 69.2 Å². The molecule has 10 heteroatoms. The molecule has 0 N–H and O–H groups in total. The van der Waals surface area contributed by atoms with E-state index in [4.69, 9.17) is 23.2 Å². The molecule has 2 aliphatic heterocycles. The highest BCUT2D eigenvalue weighted by atomic mass is 35.5. The summed E-state index contributed by atoms with van der Waals surface area (Å²) in [5.74, 6) is 1.48. The highest BCUT2D eigenvalue weighted by Gasteiger charge is 2.60. The van der Waals surface area contributed by atoms with Gasteiger partial charge in [-0.1, -0.05) is 35.3 Å². The van der Waals surface area contributed by atoms with E-state index in [1.54, 1.807) is 40.9 Å². The first kappa shape index (κ1) is 21.9. The van der Waals surface area contributed by atoms with E-state index in [9.17, 15) is 18.0 Å². The van der Waals surface area contributed by atoms with Gasteiger partial charge in [0.25, 0.3) is 5.91 Å². The lowest BCUT2D eigenvalue weighted by Gasteiger charge is -2.30. The van der Waals surface area contributed by atoms with E-state index < -0.39 is 10.9 Å². The largest absolute Gasteiger partial charge is 0.409 e. The van der Waals surface area contributed by atoms with E-state index in [1.165, 1.54) is 18.2 Å². The Morgan fingerprint density at radius 3 is 2.33 bits per heavy atom. The molecule has 1 atom stereocenters. The lowest BCUT2D eigenvalue weighted by Crippen LogP contribution is -2.38. The molecular formula is C20H15Cl2F3N2OS2. The second-order valence-electron chi connectivity index (χ2n) is 6.97. The summed E-state index contributed by atoms with van der Waals surface area (Å²) in [6.45, 7) is 0.699. The van der Waals surface area contributed by atoms with Crippen LogP contribution in [-0.4, -0.2) is 40.9 Å². The lowest BCUT2D eigenvalue weighted by molar-refractivity contribution is -0.159. The number of rotatable bonds is 3. The summed E-state index contributed by atoms with van der Waals surface area (Å²) in [6.07, 6.45) is -4.92. The number of nitrogens with zero attached hydrogens (tertiary/aromatic N) is 2. The molecule has 1 unspecified atom stereocenters. The van der Waals surface area contributed by atoms with Gasteiger partial charge in [-0.3, -0.25) is 4.79 Å². The minimum absolute atomic E-state index is 0.0328. The molecule has 0 bridgehead atoms. The van der Waals surface area contributed by atoms with Crippen LogP contribution in [-0.2, 0) is 4.75 Å². The van der Waals surface area contributed by atoms with Gasteiger partial charge in [0.05, 0.1) is 11.6 Å². The molecule has 2 aromatic carbocycles. The van der Waals surface area contributed by atoms with E-state index >= 15 is 0 Å². The minimum atomic E-state index is -4.57. The number of benzene rings is 2. The van der Waals surface area contributed by atoms with Crippen LogP contribution in [0.2, 0.25) is 10.0 Å². The average Bonchev–Trinajstić information content (AvgIpc) is 3.37. The Hall–Kier alpha value is -1.35. The Labute approximate surface area is 190 Å². The third-order valence-electron chi connectivity index (χ3n) is 5.02. The van der Waals surface area contributed by atoms with Crippen LogP contribution in [0.4, 0.5) is 13.2 Å². The van der Waals surface area contributed by atoms with Crippen molar-refractivity contribution in [3.8, 4) is 0 Å². The highest BCUT2D eigenvalue weighted by molar-refractivity contribution is 7.99. The Kier molecular flexibility index (Phi) is 6.05. The zero-order valence-corrected chi connectivity index (χ0v) is 18.5. The monoisotopic (exact) mass is 490 g/mol. The highest BCUT2D eigenvalue weighted by Crippen LogP contribution is 2.57. The molecule has 2 aliphatic rings. The van der Waals surface area contributed by atoms with Crippen LogP contribution in [0.1, 0.15) is 27.9 Å². The van der Waals surface area contributed by atoms with Gasteiger partial charge in [-0.05, 0) is 53.4 Å². The maximum atomic E-state index is 14.2. The summed E-state index contributed by atoms with van der Waals surface area (Å²) in [5, 5.41) is 0.274. The third kappa shape index (κ3) is 4.07. The van der Waals surface area contributed by atoms with Crippen LogP contribution >= 0.6 is 46.9 Å². The molecule has 158 valence electrons. The Morgan fingerprint density at radius 2 is 1.77 bits per heavy atom. The van der Waals surface area contributed by atoms with Crippen molar-refractivity contribution < 1.29 is 18.0 Å². The molecule has 0 saturated carbocycles. The Bertz CT molecular complexity index is 988. The van der Waals surface area contributed by atoms with Gasteiger partial charge in [-0.2, -0.15) is 13.2 Å². The van der Waals surface area contributed by atoms with Crippen molar-refractivity contribution in [1.29, 1.82) is 0 Å².